The van der Waals surface area contributed by atoms with E-state index in [1.165, 1.54) is 6.07 Å². The standard InChI is InChI=1S/C22H23BBrFN2O5/c1-12(2)8-19(23-31-18-10-14(25)5-6-15(18)22(30)32-23)27-20(28)11-26-21(29)16-9-13(3)4-7-17(16)24/h4-7,9-10,12,19H,8,11H2,1-3H3,(H,26,29)(H,27,28)/t19-/m0/s1. The van der Waals surface area contributed by atoms with E-state index in [-0.39, 0.29) is 23.8 Å². The highest BCUT2D eigenvalue weighted by Gasteiger charge is 2.42. The van der Waals surface area contributed by atoms with Crippen molar-refractivity contribution in [3.63, 3.8) is 0 Å². The van der Waals surface area contributed by atoms with Gasteiger partial charge in [0.15, 0.2) is 0 Å². The molecular weight excluding hydrogens is 482 g/mol. The number of hydrogen-bond acceptors (Lipinski definition) is 5. The van der Waals surface area contributed by atoms with Gasteiger partial charge in [0.05, 0.1) is 23.6 Å². The fraction of sp³-hybridized carbons (Fsp3) is 0.318. The summed E-state index contributed by atoms with van der Waals surface area (Å²) in [5.41, 5.74) is 1.45. The first-order chi connectivity index (χ1) is 15.1. The van der Waals surface area contributed by atoms with Crippen LogP contribution in [0.1, 0.15) is 46.5 Å². The van der Waals surface area contributed by atoms with Gasteiger partial charge in [0, 0.05) is 10.5 Å². The third-order valence-electron chi connectivity index (χ3n) is 4.81. The van der Waals surface area contributed by atoms with E-state index in [9.17, 15) is 18.8 Å². The first-order valence-corrected chi connectivity index (χ1v) is 10.9. The molecular formula is C22H23BBrFN2O5. The van der Waals surface area contributed by atoms with Gasteiger partial charge in [-0.25, -0.2) is 9.18 Å². The van der Waals surface area contributed by atoms with Gasteiger partial charge in [-0.1, -0.05) is 25.5 Å². The lowest BCUT2D eigenvalue weighted by Gasteiger charge is -2.29. The Balaban J connectivity index is 1.66. The van der Waals surface area contributed by atoms with Crippen LogP contribution in [0.15, 0.2) is 40.9 Å². The number of amides is 2. The fourth-order valence-electron chi connectivity index (χ4n) is 3.32. The molecule has 0 fully saturated rings. The molecule has 0 spiro atoms. The number of carbonyl (C=O) groups is 3. The van der Waals surface area contributed by atoms with Gasteiger partial charge in [0.2, 0.25) is 5.91 Å². The minimum absolute atomic E-state index is 0.0619. The van der Waals surface area contributed by atoms with Crippen molar-refractivity contribution in [2.45, 2.75) is 33.1 Å². The van der Waals surface area contributed by atoms with Gasteiger partial charge in [-0.3, -0.25) is 9.59 Å². The molecule has 2 N–H and O–H groups in total. The molecule has 0 saturated heterocycles. The number of aryl methyl sites for hydroxylation is 1. The smallest absolute Gasteiger partial charge is 0.524 e. The van der Waals surface area contributed by atoms with E-state index in [0.717, 1.165) is 17.7 Å². The molecule has 0 saturated carbocycles. The van der Waals surface area contributed by atoms with Crippen molar-refractivity contribution in [2.24, 2.45) is 5.92 Å². The summed E-state index contributed by atoms with van der Waals surface area (Å²) in [7, 11) is -1.12. The van der Waals surface area contributed by atoms with Gasteiger partial charge in [-0.2, -0.15) is 0 Å². The second-order valence-electron chi connectivity index (χ2n) is 8.00. The molecule has 10 heteroatoms. The predicted octanol–water partition coefficient (Wildman–Crippen LogP) is 3.43. The summed E-state index contributed by atoms with van der Waals surface area (Å²) in [4.78, 5) is 37.3. The summed E-state index contributed by atoms with van der Waals surface area (Å²) in [6.07, 6.45) is 0.436. The largest absolute Gasteiger partial charge is 0.620 e. The Labute approximate surface area is 194 Å². The van der Waals surface area contributed by atoms with E-state index in [2.05, 4.69) is 26.6 Å². The third-order valence-corrected chi connectivity index (χ3v) is 5.50. The zero-order chi connectivity index (χ0) is 23.4. The third kappa shape index (κ3) is 5.88. The van der Waals surface area contributed by atoms with Crippen LogP contribution in [0.3, 0.4) is 0 Å². The van der Waals surface area contributed by atoms with Gasteiger partial charge < -0.3 is 19.9 Å². The molecule has 2 aromatic carbocycles. The average molecular weight is 505 g/mol. The van der Waals surface area contributed by atoms with Crippen molar-refractivity contribution in [1.82, 2.24) is 10.6 Å². The maximum atomic E-state index is 13.6. The molecule has 32 heavy (non-hydrogen) atoms. The first kappa shape index (κ1) is 23.8. The van der Waals surface area contributed by atoms with E-state index in [4.69, 9.17) is 9.31 Å². The van der Waals surface area contributed by atoms with Crippen LogP contribution in [0.5, 0.6) is 5.75 Å². The number of carbonyl (C=O) groups excluding carboxylic acids is 3. The minimum Gasteiger partial charge on any atom is -0.524 e. The second-order valence-corrected chi connectivity index (χ2v) is 8.86. The Morgan fingerprint density at radius 2 is 1.91 bits per heavy atom. The fourth-order valence-corrected chi connectivity index (χ4v) is 3.74. The average Bonchev–Trinajstić information content (AvgIpc) is 2.72. The molecule has 2 aromatic rings. The second kappa shape index (κ2) is 10.2. The normalized spacial score (nSPS) is 13.7. The van der Waals surface area contributed by atoms with Crippen molar-refractivity contribution in [1.29, 1.82) is 0 Å². The number of hydrogen-bond donors (Lipinski definition) is 2. The Kier molecular flexibility index (Phi) is 7.55. The van der Waals surface area contributed by atoms with Crippen LogP contribution in [0.25, 0.3) is 0 Å². The van der Waals surface area contributed by atoms with E-state index in [1.807, 2.05) is 26.8 Å². The lowest BCUT2D eigenvalue weighted by Crippen LogP contribution is -2.55. The highest BCUT2D eigenvalue weighted by molar-refractivity contribution is 9.10. The van der Waals surface area contributed by atoms with Crippen LogP contribution >= 0.6 is 15.9 Å². The topological polar surface area (TPSA) is 93.7 Å². The van der Waals surface area contributed by atoms with Crippen LogP contribution in [-0.4, -0.2) is 37.4 Å². The quantitative estimate of drug-likeness (QED) is 0.563. The molecule has 1 heterocycles. The van der Waals surface area contributed by atoms with Crippen molar-refractivity contribution >= 4 is 40.8 Å². The van der Waals surface area contributed by atoms with E-state index in [1.54, 1.807) is 12.1 Å². The maximum absolute atomic E-state index is 13.6. The Morgan fingerprint density at radius 1 is 1.16 bits per heavy atom. The van der Waals surface area contributed by atoms with Gasteiger partial charge in [0.25, 0.3) is 5.91 Å². The molecule has 0 aliphatic carbocycles. The lowest BCUT2D eigenvalue weighted by atomic mass is 9.72. The van der Waals surface area contributed by atoms with Crippen molar-refractivity contribution in [3.05, 3.63) is 63.4 Å². The number of nitrogens with one attached hydrogen (secondary N) is 2. The van der Waals surface area contributed by atoms with Crippen LogP contribution in [0, 0.1) is 18.7 Å². The molecule has 7 nitrogen and oxygen atoms in total. The molecule has 0 unspecified atom stereocenters. The van der Waals surface area contributed by atoms with E-state index < -0.39 is 36.7 Å². The highest BCUT2D eigenvalue weighted by Crippen LogP contribution is 2.27. The zero-order valence-electron chi connectivity index (χ0n) is 17.9. The molecule has 1 atom stereocenters. The van der Waals surface area contributed by atoms with Crippen LogP contribution in [-0.2, 0) is 9.45 Å². The molecule has 0 aromatic heterocycles. The van der Waals surface area contributed by atoms with E-state index >= 15 is 0 Å². The van der Waals surface area contributed by atoms with Crippen molar-refractivity contribution < 1.29 is 28.1 Å². The highest BCUT2D eigenvalue weighted by atomic mass is 79.9. The first-order valence-electron chi connectivity index (χ1n) is 10.1. The van der Waals surface area contributed by atoms with Crippen molar-refractivity contribution in [2.75, 3.05) is 6.54 Å². The van der Waals surface area contributed by atoms with Crippen LogP contribution < -0.4 is 15.3 Å². The molecule has 0 bridgehead atoms. The molecule has 0 radical (unpaired) electrons. The SMILES string of the molecule is Cc1ccc(Br)c(C(=O)NCC(=O)N[C@@H](CC(C)C)B2OC(=O)c3ccc(F)cc3O2)c1. The summed E-state index contributed by atoms with van der Waals surface area (Å²) in [6.45, 7) is 5.46. The Morgan fingerprint density at radius 3 is 2.62 bits per heavy atom. The predicted molar refractivity (Wildman–Crippen MR) is 121 cm³/mol. The summed E-state index contributed by atoms with van der Waals surface area (Å²) in [5.74, 6) is -2.58. The number of rotatable bonds is 7. The molecule has 1 aliphatic rings. The summed E-state index contributed by atoms with van der Waals surface area (Å²) in [6, 6.07) is 8.88. The van der Waals surface area contributed by atoms with Crippen LogP contribution in [0.4, 0.5) is 4.39 Å². The monoisotopic (exact) mass is 504 g/mol. The molecule has 3 rings (SSSR count). The van der Waals surface area contributed by atoms with Crippen molar-refractivity contribution in [3.8, 4) is 5.75 Å². The Bertz CT molecular complexity index is 1050. The van der Waals surface area contributed by atoms with Gasteiger partial charge in [0.1, 0.15) is 11.6 Å². The molecule has 168 valence electrons. The van der Waals surface area contributed by atoms with Gasteiger partial charge in [-0.05, 0) is 59.5 Å². The number of benzene rings is 2. The summed E-state index contributed by atoms with van der Waals surface area (Å²) >= 11 is 3.33. The van der Waals surface area contributed by atoms with Gasteiger partial charge >= 0.3 is 13.1 Å². The van der Waals surface area contributed by atoms with E-state index in [0.29, 0.717) is 16.5 Å². The number of halogens is 2. The van der Waals surface area contributed by atoms with Crippen LogP contribution in [0.2, 0.25) is 0 Å². The van der Waals surface area contributed by atoms with Gasteiger partial charge in [-0.15, -0.1) is 0 Å². The number of fused-ring (bicyclic) bond motifs is 1. The molecule has 1 aliphatic heterocycles. The summed E-state index contributed by atoms with van der Waals surface area (Å²) < 4.78 is 25.2. The zero-order valence-corrected chi connectivity index (χ0v) is 19.5. The molecule has 2 amide bonds. The Hall–Kier alpha value is -2.88. The summed E-state index contributed by atoms with van der Waals surface area (Å²) in [5, 5.41) is 5.34. The minimum atomic E-state index is -1.12. The lowest BCUT2D eigenvalue weighted by molar-refractivity contribution is -0.120. The maximum Gasteiger partial charge on any atom is 0.620 e.